The highest BCUT2D eigenvalue weighted by Gasteiger charge is 2.26. The molecule has 22 heavy (non-hydrogen) atoms. The van der Waals surface area contributed by atoms with Crippen LogP contribution in [0.2, 0.25) is 0 Å². The van der Waals surface area contributed by atoms with E-state index in [-0.39, 0.29) is 5.69 Å². The molecular weight excluding hydrogens is 284 g/mol. The lowest BCUT2D eigenvalue weighted by molar-refractivity contribution is -0.384. The molecule has 1 aliphatic heterocycles. The number of hydrogen-bond donors (Lipinski definition) is 1. The molecule has 0 unspecified atom stereocenters. The predicted octanol–water partition coefficient (Wildman–Crippen LogP) is 2.53. The molecule has 0 amide bonds. The summed E-state index contributed by atoms with van der Waals surface area (Å²) >= 11 is 0. The zero-order valence-corrected chi connectivity index (χ0v) is 12.1. The first kappa shape index (κ1) is 14.5. The van der Waals surface area contributed by atoms with Gasteiger partial charge in [0.15, 0.2) is 0 Å². The molecule has 1 saturated heterocycles. The quantitative estimate of drug-likeness (QED) is 0.654. The van der Waals surface area contributed by atoms with Crippen molar-refractivity contribution in [1.82, 2.24) is 15.1 Å². The lowest BCUT2D eigenvalue weighted by atomic mass is 10.1. The lowest BCUT2D eigenvalue weighted by Crippen LogP contribution is -2.28. The molecule has 7 heteroatoms. The number of ether oxygens (including phenoxy) is 1. The molecule has 1 N–H and O–H groups in total. The van der Waals surface area contributed by atoms with E-state index in [0.29, 0.717) is 18.4 Å². The summed E-state index contributed by atoms with van der Waals surface area (Å²) in [7, 11) is 0. The number of likely N-dealkylation sites (tertiary alicyclic amines) is 1. The standard InChI is InChI=1S/C15H18N4O3/c20-19(21)12-3-5-13(6-4-12)22-11-10-18-9-1-2-15(18)14-7-8-16-17-14/h3-8,15H,1-2,9-11H2,(H,16,17)/t15-/m1/s1. The number of non-ortho nitro benzene ring substituents is 1. The zero-order valence-electron chi connectivity index (χ0n) is 12.1. The molecule has 0 bridgehead atoms. The maximum Gasteiger partial charge on any atom is 0.269 e. The minimum absolute atomic E-state index is 0.0752. The van der Waals surface area contributed by atoms with Crippen molar-refractivity contribution in [2.75, 3.05) is 19.7 Å². The van der Waals surface area contributed by atoms with Crippen molar-refractivity contribution < 1.29 is 9.66 Å². The molecule has 1 fully saturated rings. The summed E-state index contributed by atoms with van der Waals surface area (Å²) in [5.74, 6) is 0.655. The van der Waals surface area contributed by atoms with Gasteiger partial charge in [0.25, 0.3) is 5.69 Å². The second kappa shape index (κ2) is 6.57. The number of aromatic nitrogens is 2. The molecular formula is C15H18N4O3. The van der Waals surface area contributed by atoms with Crippen LogP contribution in [0.15, 0.2) is 36.5 Å². The summed E-state index contributed by atoms with van der Waals surface area (Å²) in [5, 5.41) is 17.7. The Morgan fingerprint density at radius 2 is 2.18 bits per heavy atom. The van der Waals surface area contributed by atoms with Crippen molar-refractivity contribution in [2.45, 2.75) is 18.9 Å². The maximum absolute atomic E-state index is 10.6. The molecule has 7 nitrogen and oxygen atoms in total. The van der Waals surface area contributed by atoms with E-state index >= 15 is 0 Å². The first-order chi connectivity index (χ1) is 10.7. The maximum atomic E-state index is 10.6. The molecule has 2 heterocycles. The third-order valence-electron chi connectivity index (χ3n) is 3.94. The van der Waals surface area contributed by atoms with Crippen molar-refractivity contribution in [1.29, 1.82) is 0 Å². The molecule has 2 aromatic rings. The Morgan fingerprint density at radius 1 is 1.36 bits per heavy atom. The number of nitrogens with one attached hydrogen (secondary N) is 1. The van der Waals surface area contributed by atoms with E-state index in [1.165, 1.54) is 18.6 Å². The van der Waals surface area contributed by atoms with Crippen LogP contribution in [0.3, 0.4) is 0 Å². The van der Waals surface area contributed by atoms with Crippen molar-refractivity contribution in [3.8, 4) is 5.75 Å². The van der Waals surface area contributed by atoms with Gasteiger partial charge in [-0.25, -0.2) is 0 Å². The average molecular weight is 302 g/mol. The first-order valence-corrected chi connectivity index (χ1v) is 7.34. The van der Waals surface area contributed by atoms with Gasteiger partial charge >= 0.3 is 0 Å². The van der Waals surface area contributed by atoms with Gasteiger partial charge in [-0.1, -0.05) is 0 Å². The minimum atomic E-state index is -0.414. The van der Waals surface area contributed by atoms with Crippen molar-refractivity contribution in [2.24, 2.45) is 0 Å². The molecule has 0 aliphatic carbocycles. The van der Waals surface area contributed by atoms with E-state index in [1.807, 2.05) is 6.07 Å². The number of hydrogen-bond acceptors (Lipinski definition) is 5. The third-order valence-corrected chi connectivity index (χ3v) is 3.94. The van der Waals surface area contributed by atoms with Crippen LogP contribution in [-0.2, 0) is 0 Å². The van der Waals surface area contributed by atoms with Gasteiger partial charge in [-0.05, 0) is 37.6 Å². The van der Waals surface area contributed by atoms with Crippen LogP contribution < -0.4 is 4.74 Å². The van der Waals surface area contributed by atoms with Crippen molar-refractivity contribution in [3.05, 3.63) is 52.3 Å². The van der Waals surface area contributed by atoms with Crippen LogP contribution in [0.1, 0.15) is 24.6 Å². The number of aromatic amines is 1. The number of benzene rings is 1. The first-order valence-electron chi connectivity index (χ1n) is 7.34. The summed E-state index contributed by atoms with van der Waals surface area (Å²) in [6.07, 6.45) is 4.07. The smallest absolute Gasteiger partial charge is 0.269 e. The Hall–Kier alpha value is -2.41. The second-order valence-corrected chi connectivity index (χ2v) is 5.31. The molecule has 1 atom stereocenters. The summed E-state index contributed by atoms with van der Waals surface area (Å²) in [4.78, 5) is 12.6. The highest BCUT2D eigenvalue weighted by molar-refractivity contribution is 5.35. The summed E-state index contributed by atoms with van der Waals surface area (Å²) in [5.41, 5.74) is 1.22. The van der Waals surface area contributed by atoms with E-state index in [2.05, 4.69) is 15.1 Å². The number of rotatable bonds is 6. The number of nitro groups is 1. The predicted molar refractivity (Wildman–Crippen MR) is 80.7 cm³/mol. The van der Waals surface area contributed by atoms with Gasteiger partial charge in [-0.3, -0.25) is 20.1 Å². The van der Waals surface area contributed by atoms with Gasteiger partial charge in [-0.15, -0.1) is 0 Å². The van der Waals surface area contributed by atoms with Crippen LogP contribution >= 0.6 is 0 Å². The third kappa shape index (κ3) is 3.25. The van der Waals surface area contributed by atoms with Gasteiger partial charge in [0, 0.05) is 24.9 Å². The van der Waals surface area contributed by atoms with Crippen LogP contribution in [-0.4, -0.2) is 39.7 Å². The fourth-order valence-electron chi connectivity index (χ4n) is 2.84. The number of nitro benzene ring substituents is 1. The fourth-order valence-corrected chi connectivity index (χ4v) is 2.84. The van der Waals surface area contributed by atoms with Gasteiger partial charge in [0.2, 0.25) is 0 Å². The molecule has 3 rings (SSSR count). The Bertz CT molecular complexity index is 612. The van der Waals surface area contributed by atoms with Gasteiger partial charge < -0.3 is 4.74 Å². The van der Waals surface area contributed by atoms with Crippen LogP contribution in [0.5, 0.6) is 5.75 Å². The Labute approximate surface area is 128 Å². The van der Waals surface area contributed by atoms with Crippen LogP contribution in [0.4, 0.5) is 5.69 Å². The monoisotopic (exact) mass is 302 g/mol. The van der Waals surface area contributed by atoms with Crippen molar-refractivity contribution >= 4 is 5.69 Å². The highest BCUT2D eigenvalue weighted by atomic mass is 16.6. The van der Waals surface area contributed by atoms with Crippen LogP contribution in [0, 0.1) is 10.1 Å². The Morgan fingerprint density at radius 3 is 2.86 bits per heavy atom. The van der Waals surface area contributed by atoms with Gasteiger partial charge in [0.1, 0.15) is 12.4 Å². The summed E-state index contributed by atoms with van der Waals surface area (Å²) in [6, 6.07) is 8.57. The Balaban J connectivity index is 1.51. The fraction of sp³-hybridized carbons (Fsp3) is 0.400. The van der Waals surface area contributed by atoms with Gasteiger partial charge in [0.05, 0.1) is 16.7 Å². The highest BCUT2D eigenvalue weighted by Crippen LogP contribution is 2.30. The summed E-state index contributed by atoms with van der Waals surface area (Å²) in [6.45, 7) is 2.43. The number of nitrogens with zero attached hydrogens (tertiary/aromatic N) is 3. The normalized spacial score (nSPS) is 18.5. The zero-order chi connectivity index (χ0) is 15.4. The SMILES string of the molecule is O=[N+]([O-])c1ccc(OCCN2CCC[C@@H]2c2ccn[nH]2)cc1. The largest absolute Gasteiger partial charge is 0.492 e. The second-order valence-electron chi connectivity index (χ2n) is 5.31. The molecule has 1 aromatic heterocycles. The van der Waals surface area contributed by atoms with Crippen molar-refractivity contribution in [3.63, 3.8) is 0 Å². The molecule has 0 radical (unpaired) electrons. The lowest BCUT2D eigenvalue weighted by Gasteiger charge is -2.23. The summed E-state index contributed by atoms with van der Waals surface area (Å²) < 4.78 is 5.68. The Kier molecular flexibility index (Phi) is 4.34. The minimum Gasteiger partial charge on any atom is -0.492 e. The molecule has 0 saturated carbocycles. The van der Waals surface area contributed by atoms with E-state index in [0.717, 1.165) is 25.2 Å². The van der Waals surface area contributed by atoms with E-state index in [9.17, 15) is 10.1 Å². The molecule has 116 valence electrons. The average Bonchev–Trinajstić information content (AvgIpc) is 3.18. The van der Waals surface area contributed by atoms with E-state index in [1.54, 1.807) is 18.3 Å². The molecule has 1 aliphatic rings. The van der Waals surface area contributed by atoms with Gasteiger partial charge in [-0.2, -0.15) is 5.10 Å². The molecule has 0 spiro atoms. The van der Waals surface area contributed by atoms with Crippen LogP contribution in [0.25, 0.3) is 0 Å². The topological polar surface area (TPSA) is 84.3 Å². The molecule has 1 aromatic carbocycles. The number of H-pyrrole nitrogens is 1. The van der Waals surface area contributed by atoms with E-state index in [4.69, 9.17) is 4.74 Å². The van der Waals surface area contributed by atoms with E-state index < -0.39 is 4.92 Å².